The van der Waals surface area contributed by atoms with E-state index >= 15 is 0 Å². The highest BCUT2D eigenvalue weighted by atomic mass is 15.3. The molecule has 0 aliphatic rings. The summed E-state index contributed by atoms with van der Waals surface area (Å²) < 4.78 is 1.91. The maximum Gasteiger partial charge on any atom is 0.0758 e. The number of anilines is 1. The second-order valence-corrected chi connectivity index (χ2v) is 5.40. The standard InChI is InChI=1S/C16H18N4/c1-10(2)14-6-7-20(19-14)16-8-11(3)18-15-5-4-12(17)9-13(15)16/h4-10H,17H2,1-3H3. The van der Waals surface area contributed by atoms with Gasteiger partial charge < -0.3 is 5.73 Å². The van der Waals surface area contributed by atoms with E-state index in [0.29, 0.717) is 5.92 Å². The van der Waals surface area contributed by atoms with Gasteiger partial charge in [0.05, 0.1) is 16.9 Å². The Hall–Kier alpha value is -2.36. The molecule has 0 atom stereocenters. The first-order valence-corrected chi connectivity index (χ1v) is 6.77. The predicted molar refractivity (Wildman–Crippen MR) is 82.1 cm³/mol. The Morgan fingerprint density at radius 2 is 1.95 bits per heavy atom. The zero-order valence-electron chi connectivity index (χ0n) is 12.0. The lowest BCUT2D eigenvalue weighted by Crippen LogP contribution is -2.00. The highest BCUT2D eigenvalue weighted by Gasteiger charge is 2.09. The average molecular weight is 266 g/mol. The molecule has 2 aromatic heterocycles. The minimum absolute atomic E-state index is 0.413. The average Bonchev–Trinajstić information content (AvgIpc) is 2.88. The van der Waals surface area contributed by atoms with Gasteiger partial charge in [0.1, 0.15) is 0 Å². The molecule has 0 spiro atoms. The highest BCUT2D eigenvalue weighted by molar-refractivity contribution is 5.89. The summed E-state index contributed by atoms with van der Waals surface area (Å²) in [5.74, 6) is 0.413. The SMILES string of the molecule is Cc1cc(-n2ccc(C(C)C)n2)c2cc(N)ccc2n1. The minimum Gasteiger partial charge on any atom is -0.399 e. The molecule has 0 amide bonds. The van der Waals surface area contributed by atoms with Crippen LogP contribution in [0.2, 0.25) is 0 Å². The van der Waals surface area contributed by atoms with Crippen LogP contribution in [-0.2, 0) is 0 Å². The quantitative estimate of drug-likeness (QED) is 0.723. The van der Waals surface area contributed by atoms with Crippen molar-refractivity contribution in [2.24, 2.45) is 0 Å². The third kappa shape index (κ3) is 2.13. The summed E-state index contributed by atoms with van der Waals surface area (Å²) in [4.78, 5) is 4.55. The van der Waals surface area contributed by atoms with E-state index in [0.717, 1.165) is 33.7 Å². The molecule has 0 aliphatic heterocycles. The van der Waals surface area contributed by atoms with Gasteiger partial charge in [0.2, 0.25) is 0 Å². The van der Waals surface area contributed by atoms with Gasteiger partial charge in [-0.1, -0.05) is 13.8 Å². The van der Waals surface area contributed by atoms with Crippen LogP contribution in [0.5, 0.6) is 0 Å². The zero-order valence-corrected chi connectivity index (χ0v) is 12.0. The van der Waals surface area contributed by atoms with E-state index in [1.54, 1.807) is 0 Å². The maximum atomic E-state index is 5.90. The smallest absolute Gasteiger partial charge is 0.0758 e. The molecule has 0 fully saturated rings. The molecule has 2 heterocycles. The van der Waals surface area contributed by atoms with Gasteiger partial charge in [-0.05, 0) is 43.2 Å². The number of fused-ring (bicyclic) bond motifs is 1. The van der Waals surface area contributed by atoms with Gasteiger partial charge in [-0.25, -0.2) is 4.68 Å². The minimum atomic E-state index is 0.413. The number of aromatic nitrogens is 3. The van der Waals surface area contributed by atoms with E-state index < -0.39 is 0 Å². The number of nitrogen functional groups attached to an aromatic ring is 1. The Labute approximate surface area is 118 Å². The zero-order chi connectivity index (χ0) is 14.3. The van der Waals surface area contributed by atoms with Crippen LogP contribution in [0, 0.1) is 6.92 Å². The van der Waals surface area contributed by atoms with Crippen LogP contribution in [0.25, 0.3) is 16.6 Å². The van der Waals surface area contributed by atoms with E-state index in [-0.39, 0.29) is 0 Å². The monoisotopic (exact) mass is 266 g/mol. The molecule has 4 nitrogen and oxygen atoms in total. The second-order valence-electron chi connectivity index (χ2n) is 5.40. The summed E-state index contributed by atoms with van der Waals surface area (Å²) in [6, 6.07) is 9.88. The van der Waals surface area contributed by atoms with Gasteiger partial charge >= 0.3 is 0 Å². The molecule has 102 valence electrons. The number of nitrogens with two attached hydrogens (primary N) is 1. The van der Waals surface area contributed by atoms with Crippen LogP contribution in [-0.4, -0.2) is 14.8 Å². The van der Waals surface area contributed by atoms with Crippen molar-refractivity contribution >= 4 is 16.6 Å². The van der Waals surface area contributed by atoms with Crippen LogP contribution < -0.4 is 5.73 Å². The molecule has 0 radical (unpaired) electrons. The maximum absolute atomic E-state index is 5.90. The van der Waals surface area contributed by atoms with Crippen LogP contribution in [0.3, 0.4) is 0 Å². The largest absolute Gasteiger partial charge is 0.399 e. The number of benzene rings is 1. The topological polar surface area (TPSA) is 56.7 Å². The van der Waals surface area contributed by atoms with Crippen molar-refractivity contribution in [2.45, 2.75) is 26.7 Å². The third-order valence-corrected chi connectivity index (χ3v) is 3.39. The van der Waals surface area contributed by atoms with Crippen LogP contribution in [0.1, 0.15) is 31.2 Å². The van der Waals surface area contributed by atoms with Gasteiger partial charge in [-0.2, -0.15) is 5.10 Å². The number of pyridine rings is 1. The number of rotatable bonds is 2. The molecule has 3 rings (SSSR count). The molecular formula is C16H18N4. The lowest BCUT2D eigenvalue weighted by atomic mass is 10.1. The lowest BCUT2D eigenvalue weighted by Gasteiger charge is -2.09. The number of aryl methyl sites for hydroxylation is 1. The van der Waals surface area contributed by atoms with Gasteiger partial charge in [0.15, 0.2) is 0 Å². The molecule has 0 aliphatic carbocycles. The second kappa shape index (κ2) is 4.63. The van der Waals surface area contributed by atoms with Gasteiger partial charge in [0.25, 0.3) is 0 Å². The first kappa shape index (κ1) is 12.7. The Kier molecular flexibility index (Phi) is 2.93. The Bertz CT molecular complexity index is 771. The fraction of sp³-hybridized carbons (Fsp3) is 0.250. The number of hydrogen-bond donors (Lipinski definition) is 1. The first-order chi connectivity index (χ1) is 9.54. The van der Waals surface area contributed by atoms with E-state index in [9.17, 15) is 0 Å². The molecule has 0 saturated carbocycles. The summed E-state index contributed by atoms with van der Waals surface area (Å²) in [5, 5.41) is 5.67. The highest BCUT2D eigenvalue weighted by Crippen LogP contribution is 2.24. The summed E-state index contributed by atoms with van der Waals surface area (Å²) in [6.45, 7) is 6.27. The fourth-order valence-corrected chi connectivity index (χ4v) is 2.32. The summed E-state index contributed by atoms with van der Waals surface area (Å²) in [5.41, 5.74) is 10.7. The lowest BCUT2D eigenvalue weighted by molar-refractivity contribution is 0.770. The summed E-state index contributed by atoms with van der Waals surface area (Å²) >= 11 is 0. The summed E-state index contributed by atoms with van der Waals surface area (Å²) in [7, 11) is 0. The first-order valence-electron chi connectivity index (χ1n) is 6.77. The van der Waals surface area contributed by atoms with E-state index in [1.165, 1.54) is 0 Å². The third-order valence-electron chi connectivity index (χ3n) is 3.39. The van der Waals surface area contributed by atoms with Crippen molar-refractivity contribution in [3.63, 3.8) is 0 Å². The van der Waals surface area contributed by atoms with Crippen molar-refractivity contribution in [3.05, 3.63) is 47.9 Å². The predicted octanol–water partition coefficient (Wildman–Crippen LogP) is 3.43. The number of nitrogens with zero attached hydrogens (tertiary/aromatic N) is 3. The normalized spacial score (nSPS) is 11.4. The van der Waals surface area contributed by atoms with Crippen LogP contribution >= 0.6 is 0 Å². The molecule has 0 unspecified atom stereocenters. The van der Waals surface area contributed by atoms with Crippen molar-refractivity contribution in [1.29, 1.82) is 0 Å². The van der Waals surface area contributed by atoms with E-state index in [4.69, 9.17) is 5.73 Å². The van der Waals surface area contributed by atoms with Crippen molar-refractivity contribution < 1.29 is 0 Å². The molecule has 0 bridgehead atoms. The van der Waals surface area contributed by atoms with Crippen molar-refractivity contribution in [3.8, 4) is 5.69 Å². The Balaban J connectivity index is 2.25. The van der Waals surface area contributed by atoms with Crippen molar-refractivity contribution in [2.75, 3.05) is 5.73 Å². The molecule has 20 heavy (non-hydrogen) atoms. The Morgan fingerprint density at radius 1 is 1.15 bits per heavy atom. The van der Waals surface area contributed by atoms with E-state index in [1.807, 2.05) is 42.1 Å². The molecule has 1 aromatic carbocycles. The van der Waals surface area contributed by atoms with Gasteiger partial charge in [-0.15, -0.1) is 0 Å². The fourth-order valence-electron chi connectivity index (χ4n) is 2.32. The number of hydrogen-bond acceptors (Lipinski definition) is 3. The molecule has 2 N–H and O–H groups in total. The Morgan fingerprint density at radius 3 is 2.65 bits per heavy atom. The molecule has 3 aromatic rings. The molecule has 0 saturated heterocycles. The van der Waals surface area contributed by atoms with Crippen LogP contribution in [0.15, 0.2) is 36.5 Å². The van der Waals surface area contributed by atoms with E-state index in [2.05, 4.69) is 30.0 Å². The van der Waals surface area contributed by atoms with Gasteiger partial charge in [0, 0.05) is 23.0 Å². The van der Waals surface area contributed by atoms with Crippen molar-refractivity contribution in [1.82, 2.24) is 14.8 Å². The van der Waals surface area contributed by atoms with Crippen LogP contribution in [0.4, 0.5) is 5.69 Å². The molecule has 4 heteroatoms. The molecular weight excluding hydrogens is 248 g/mol. The summed E-state index contributed by atoms with van der Waals surface area (Å²) in [6.07, 6.45) is 1.99. The van der Waals surface area contributed by atoms with Gasteiger partial charge in [-0.3, -0.25) is 4.98 Å².